The van der Waals surface area contributed by atoms with E-state index in [4.69, 9.17) is 9.97 Å². The van der Waals surface area contributed by atoms with Crippen LogP contribution in [0.3, 0.4) is 0 Å². The lowest BCUT2D eigenvalue weighted by molar-refractivity contribution is 0.0932. The Morgan fingerprint density at radius 2 is 1.43 bits per heavy atom. The summed E-state index contributed by atoms with van der Waals surface area (Å²) >= 11 is 0. The summed E-state index contributed by atoms with van der Waals surface area (Å²) in [5.74, 6) is 2.41. The van der Waals surface area contributed by atoms with Crippen LogP contribution in [0.25, 0.3) is 21.7 Å². The molecule has 44 heavy (non-hydrogen) atoms. The van der Waals surface area contributed by atoms with Crippen LogP contribution >= 0.6 is 0 Å². The Morgan fingerprint density at radius 1 is 0.773 bits per heavy atom. The average Bonchev–Trinajstić information content (AvgIpc) is 3.06. The number of ketones is 1. The van der Waals surface area contributed by atoms with Crippen LogP contribution in [-0.2, 0) is 6.42 Å². The molecule has 1 aliphatic rings. The van der Waals surface area contributed by atoms with Crippen molar-refractivity contribution in [3.8, 4) is 0 Å². The summed E-state index contributed by atoms with van der Waals surface area (Å²) in [4.78, 5) is 38.5. The molecular formula is C38H38N4O2. The van der Waals surface area contributed by atoms with Crippen LogP contribution < -0.4 is 10.2 Å². The Hall–Kier alpha value is -4.84. The number of aromatic nitrogens is 2. The third kappa shape index (κ3) is 6.40. The van der Waals surface area contributed by atoms with Crippen LogP contribution in [0.4, 0.5) is 5.82 Å². The number of amides is 1. The summed E-state index contributed by atoms with van der Waals surface area (Å²) in [5, 5.41) is 6.10. The summed E-state index contributed by atoms with van der Waals surface area (Å²) in [6.45, 7) is 0.615. The third-order valence-corrected chi connectivity index (χ3v) is 8.65. The van der Waals surface area contributed by atoms with Crippen molar-refractivity contribution in [1.82, 2.24) is 15.3 Å². The van der Waals surface area contributed by atoms with E-state index >= 15 is 0 Å². The SMILES string of the molecule is CN(C)c1nc(C/C=C/C2CCC(CNC(=O)c3ccccc3C(=O)c3cccc4ccccc34)CC2)nc2ccccc12. The molecule has 1 fully saturated rings. The van der Waals surface area contributed by atoms with Gasteiger partial charge >= 0.3 is 0 Å². The second kappa shape index (κ2) is 13.2. The van der Waals surface area contributed by atoms with Crippen LogP contribution in [0, 0.1) is 11.8 Å². The lowest BCUT2D eigenvalue weighted by Gasteiger charge is -2.27. The molecule has 6 nitrogen and oxygen atoms in total. The molecule has 0 saturated heterocycles. The van der Waals surface area contributed by atoms with E-state index in [1.165, 1.54) is 0 Å². The van der Waals surface area contributed by atoms with E-state index < -0.39 is 0 Å². The number of nitrogens with zero attached hydrogens (tertiary/aromatic N) is 3. The van der Waals surface area contributed by atoms with Crippen LogP contribution in [0.15, 0.2) is 103 Å². The predicted molar refractivity (Wildman–Crippen MR) is 178 cm³/mol. The number of carbonyl (C=O) groups excluding carboxylic acids is 2. The first-order valence-electron chi connectivity index (χ1n) is 15.5. The largest absolute Gasteiger partial charge is 0.362 e. The summed E-state index contributed by atoms with van der Waals surface area (Å²) < 4.78 is 0. The second-order valence-corrected chi connectivity index (χ2v) is 11.9. The van der Waals surface area contributed by atoms with E-state index in [0.717, 1.165) is 59.0 Å². The molecule has 222 valence electrons. The summed E-state index contributed by atoms with van der Waals surface area (Å²) in [5.41, 5.74) is 2.44. The molecule has 0 atom stereocenters. The van der Waals surface area contributed by atoms with Gasteiger partial charge in [0.1, 0.15) is 11.6 Å². The normalized spacial score (nSPS) is 16.8. The Labute approximate surface area is 258 Å². The fourth-order valence-corrected chi connectivity index (χ4v) is 6.27. The number of allylic oxidation sites excluding steroid dienone is 2. The van der Waals surface area contributed by atoms with Gasteiger partial charge in [0.15, 0.2) is 5.78 Å². The third-order valence-electron chi connectivity index (χ3n) is 8.65. The standard InChI is InChI=1S/C38H38N4O2/c1-42(2)37-33-17-7-8-19-34(33)40-35(41-37)20-9-11-26-21-23-27(24-22-26)25-39-38(44)32-16-6-5-15-31(32)36(43)30-18-10-13-28-12-3-4-14-29(28)30/h3-19,26-27H,20-25H2,1-2H3,(H,39,44)/b11-9+. The minimum absolute atomic E-state index is 0.133. The zero-order chi connectivity index (χ0) is 30.5. The van der Waals surface area contributed by atoms with Gasteiger partial charge in [-0.1, -0.05) is 84.9 Å². The maximum Gasteiger partial charge on any atom is 0.252 e. The highest BCUT2D eigenvalue weighted by Gasteiger charge is 2.23. The molecule has 6 rings (SSSR count). The van der Waals surface area contributed by atoms with E-state index in [0.29, 0.717) is 41.5 Å². The van der Waals surface area contributed by atoms with Crippen molar-refractivity contribution in [3.05, 3.63) is 126 Å². The Bertz CT molecular complexity index is 1830. The number of fused-ring (bicyclic) bond motifs is 2. The van der Waals surface area contributed by atoms with Gasteiger partial charge in [-0.15, -0.1) is 0 Å². The molecule has 0 spiro atoms. The van der Waals surface area contributed by atoms with Crippen molar-refractivity contribution >= 4 is 39.2 Å². The number of nitrogens with one attached hydrogen (secondary N) is 1. The lowest BCUT2D eigenvalue weighted by Crippen LogP contribution is -2.32. The minimum atomic E-state index is -0.191. The van der Waals surface area contributed by atoms with Gasteiger partial charge < -0.3 is 10.2 Å². The molecule has 0 unspecified atom stereocenters. The van der Waals surface area contributed by atoms with Crippen molar-refractivity contribution < 1.29 is 9.59 Å². The van der Waals surface area contributed by atoms with E-state index in [9.17, 15) is 9.59 Å². The van der Waals surface area contributed by atoms with Crippen molar-refractivity contribution in [2.45, 2.75) is 32.1 Å². The number of hydrogen-bond acceptors (Lipinski definition) is 5. The maximum atomic E-state index is 13.6. The highest BCUT2D eigenvalue weighted by atomic mass is 16.2. The van der Waals surface area contributed by atoms with Gasteiger partial charge in [0.25, 0.3) is 5.91 Å². The quantitative estimate of drug-likeness (QED) is 0.145. The molecule has 1 heterocycles. The van der Waals surface area contributed by atoms with E-state index in [1.807, 2.05) is 91.8 Å². The number of para-hydroxylation sites is 1. The summed E-state index contributed by atoms with van der Waals surface area (Å²) in [6, 6.07) is 28.8. The van der Waals surface area contributed by atoms with Crippen LogP contribution in [0.2, 0.25) is 0 Å². The van der Waals surface area contributed by atoms with E-state index in [1.54, 1.807) is 12.1 Å². The Morgan fingerprint density at radius 3 is 2.23 bits per heavy atom. The summed E-state index contributed by atoms with van der Waals surface area (Å²) in [6.07, 6.45) is 9.53. The Balaban J connectivity index is 1.03. The van der Waals surface area contributed by atoms with Crippen LogP contribution in [0.5, 0.6) is 0 Å². The molecule has 6 heteroatoms. The van der Waals surface area contributed by atoms with Gasteiger partial charge in [-0.2, -0.15) is 0 Å². The fourth-order valence-electron chi connectivity index (χ4n) is 6.27. The Kier molecular flexibility index (Phi) is 8.78. The van der Waals surface area contributed by atoms with Gasteiger partial charge in [0.2, 0.25) is 0 Å². The van der Waals surface area contributed by atoms with Gasteiger partial charge in [-0.3, -0.25) is 9.59 Å². The smallest absolute Gasteiger partial charge is 0.252 e. The van der Waals surface area contributed by atoms with Crippen molar-refractivity contribution in [1.29, 1.82) is 0 Å². The first-order valence-corrected chi connectivity index (χ1v) is 15.5. The fraction of sp³-hybridized carbons (Fsp3) is 0.263. The molecule has 1 amide bonds. The number of benzene rings is 4. The second-order valence-electron chi connectivity index (χ2n) is 11.9. The van der Waals surface area contributed by atoms with Crippen LogP contribution in [0.1, 0.15) is 57.8 Å². The van der Waals surface area contributed by atoms with Gasteiger partial charge in [0, 0.05) is 43.6 Å². The summed E-state index contributed by atoms with van der Waals surface area (Å²) in [7, 11) is 4.03. The average molecular weight is 583 g/mol. The highest BCUT2D eigenvalue weighted by Crippen LogP contribution is 2.30. The molecule has 0 aliphatic heterocycles. The molecule has 1 aromatic heterocycles. The van der Waals surface area contributed by atoms with Gasteiger partial charge in [-0.25, -0.2) is 9.97 Å². The zero-order valence-corrected chi connectivity index (χ0v) is 25.4. The van der Waals surface area contributed by atoms with Crippen molar-refractivity contribution in [3.63, 3.8) is 0 Å². The van der Waals surface area contributed by atoms with Crippen molar-refractivity contribution in [2.75, 3.05) is 25.5 Å². The lowest BCUT2D eigenvalue weighted by atomic mass is 9.81. The first-order chi connectivity index (χ1) is 21.5. The molecule has 5 aromatic rings. The minimum Gasteiger partial charge on any atom is -0.362 e. The molecule has 1 aliphatic carbocycles. The predicted octanol–water partition coefficient (Wildman–Crippen LogP) is 7.42. The number of anilines is 1. The molecule has 1 saturated carbocycles. The topological polar surface area (TPSA) is 75.2 Å². The molecule has 4 aromatic carbocycles. The molecular weight excluding hydrogens is 544 g/mol. The first kappa shape index (κ1) is 29.2. The molecule has 0 bridgehead atoms. The molecule has 0 radical (unpaired) electrons. The van der Waals surface area contributed by atoms with E-state index in [-0.39, 0.29) is 11.7 Å². The number of hydrogen-bond donors (Lipinski definition) is 1. The monoisotopic (exact) mass is 582 g/mol. The van der Waals surface area contributed by atoms with Crippen molar-refractivity contribution in [2.24, 2.45) is 11.8 Å². The highest BCUT2D eigenvalue weighted by molar-refractivity contribution is 6.20. The van der Waals surface area contributed by atoms with Gasteiger partial charge in [0.05, 0.1) is 11.1 Å². The number of carbonyl (C=O) groups is 2. The molecule has 1 N–H and O–H groups in total. The van der Waals surface area contributed by atoms with Crippen LogP contribution in [-0.4, -0.2) is 42.3 Å². The van der Waals surface area contributed by atoms with Gasteiger partial charge in [-0.05, 0) is 66.5 Å². The van der Waals surface area contributed by atoms with E-state index in [2.05, 4.69) is 23.5 Å². The zero-order valence-electron chi connectivity index (χ0n) is 25.4. The number of rotatable bonds is 9. The maximum absolute atomic E-state index is 13.6.